The summed E-state index contributed by atoms with van der Waals surface area (Å²) >= 11 is 3.39. The van der Waals surface area contributed by atoms with Crippen LogP contribution in [0.15, 0.2) is 28.7 Å². The first-order chi connectivity index (χ1) is 8.59. The second kappa shape index (κ2) is 5.82. The number of halogens is 1. The fraction of sp³-hybridized carbons (Fsp3) is 0.462. The Morgan fingerprint density at radius 3 is 3.00 bits per heavy atom. The molecule has 18 heavy (non-hydrogen) atoms. The van der Waals surface area contributed by atoms with Crippen LogP contribution in [0.5, 0.6) is 0 Å². The molecule has 4 nitrogen and oxygen atoms in total. The summed E-state index contributed by atoms with van der Waals surface area (Å²) in [4.78, 5) is 13.6. The van der Waals surface area contributed by atoms with Gasteiger partial charge in [-0.1, -0.05) is 28.1 Å². The lowest BCUT2D eigenvalue weighted by Gasteiger charge is -2.38. The van der Waals surface area contributed by atoms with Crippen molar-refractivity contribution in [1.29, 1.82) is 0 Å². The standard InChI is InChI=1S/C13H17BrN2O2/c1-9-8-15-5-6-16(9)12(13(17)18)10-3-2-4-11(14)7-10/h2-4,7,9,12,15H,5-6,8H2,1H3,(H,17,18). The van der Waals surface area contributed by atoms with Gasteiger partial charge in [-0.3, -0.25) is 9.69 Å². The molecular formula is C13H17BrN2O2. The lowest BCUT2D eigenvalue weighted by molar-refractivity contribution is -0.145. The summed E-state index contributed by atoms with van der Waals surface area (Å²) in [6, 6.07) is 7.19. The number of nitrogens with one attached hydrogen (secondary N) is 1. The Morgan fingerprint density at radius 1 is 1.61 bits per heavy atom. The fourth-order valence-corrected chi connectivity index (χ4v) is 2.81. The number of rotatable bonds is 3. The van der Waals surface area contributed by atoms with Crippen LogP contribution in [0.1, 0.15) is 18.5 Å². The predicted octanol–water partition coefficient (Wildman–Crippen LogP) is 1.87. The zero-order chi connectivity index (χ0) is 13.1. The van der Waals surface area contributed by atoms with Gasteiger partial charge in [0, 0.05) is 30.1 Å². The van der Waals surface area contributed by atoms with E-state index in [4.69, 9.17) is 0 Å². The number of hydrogen-bond acceptors (Lipinski definition) is 3. The third-order valence-electron chi connectivity index (χ3n) is 3.28. The SMILES string of the molecule is CC1CNCCN1C(C(=O)O)c1cccc(Br)c1. The molecule has 1 aromatic carbocycles. The molecule has 98 valence electrons. The zero-order valence-electron chi connectivity index (χ0n) is 10.3. The van der Waals surface area contributed by atoms with E-state index >= 15 is 0 Å². The van der Waals surface area contributed by atoms with Crippen molar-refractivity contribution in [3.63, 3.8) is 0 Å². The average Bonchev–Trinajstić information content (AvgIpc) is 2.32. The van der Waals surface area contributed by atoms with E-state index in [1.165, 1.54) is 0 Å². The van der Waals surface area contributed by atoms with Gasteiger partial charge < -0.3 is 10.4 Å². The summed E-state index contributed by atoms with van der Waals surface area (Å²) in [5.41, 5.74) is 0.825. The topological polar surface area (TPSA) is 52.6 Å². The third-order valence-corrected chi connectivity index (χ3v) is 3.78. The molecule has 2 unspecified atom stereocenters. The van der Waals surface area contributed by atoms with Gasteiger partial charge in [0.25, 0.3) is 0 Å². The van der Waals surface area contributed by atoms with Crippen LogP contribution >= 0.6 is 15.9 Å². The Balaban J connectivity index is 2.30. The fourth-order valence-electron chi connectivity index (χ4n) is 2.39. The molecule has 1 aromatic rings. The first-order valence-corrected chi connectivity index (χ1v) is 6.83. The molecule has 2 rings (SSSR count). The van der Waals surface area contributed by atoms with Gasteiger partial charge in [-0.2, -0.15) is 0 Å². The maximum Gasteiger partial charge on any atom is 0.325 e. The lowest BCUT2D eigenvalue weighted by Crippen LogP contribution is -2.52. The Morgan fingerprint density at radius 2 is 2.39 bits per heavy atom. The Hall–Kier alpha value is -0.910. The molecule has 1 aliphatic rings. The predicted molar refractivity (Wildman–Crippen MR) is 73.6 cm³/mol. The monoisotopic (exact) mass is 312 g/mol. The highest BCUT2D eigenvalue weighted by Gasteiger charge is 2.32. The Bertz CT molecular complexity index is 439. The van der Waals surface area contributed by atoms with Crippen LogP contribution in [0.2, 0.25) is 0 Å². The van der Waals surface area contributed by atoms with E-state index in [0.717, 1.165) is 29.7 Å². The minimum atomic E-state index is -0.790. The lowest BCUT2D eigenvalue weighted by atomic mass is 10.0. The highest BCUT2D eigenvalue weighted by Crippen LogP contribution is 2.26. The van der Waals surface area contributed by atoms with Crippen molar-refractivity contribution in [2.45, 2.75) is 19.0 Å². The van der Waals surface area contributed by atoms with Gasteiger partial charge in [-0.25, -0.2) is 0 Å². The molecule has 2 atom stereocenters. The van der Waals surface area contributed by atoms with Gasteiger partial charge in [0.15, 0.2) is 0 Å². The molecule has 0 aliphatic carbocycles. The number of carboxylic acids is 1. The van der Waals surface area contributed by atoms with Crippen LogP contribution in [0.25, 0.3) is 0 Å². The number of benzene rings is 1. The van der Waals surface area contributed by atoms with Crippen LogP contribution in [-0.2, 0) is 4.79 Å². The molecule has 0 amide bonds. The van der Waals surface area contributed by atoms with Crippen LogP contribution in [0.4, 0.5) is 0 Å². The van der Waals surface area contributed by atoms with Crippen molar-refractivity contribution in [1.82, 2.24) is 10.2 Å². The molecule has 1 saturated heterocycles. The summed E-state index contributed by atoms with van der Waals surface area (Å²) in [7, 11) is 0. The Kier molecular flexibility index (Phi) is 4.37. The molecule has 0 bridgehead atoms. The average molecular weight is 313 g/mol. The normalized spacial score (nSPS) is 22.7. The minimum Gasteiger partial charge on any atom is -0.480 e. The van der Waals surface area contributed by atoms with E-state index in [9.17, 15) is 9.90 Å². The summed E-state index contributed by atoms with van der Waals surface area (Å²) in [6.07, 6.45) is 0. The smallest absolute Gasteiger partial charge is 0.325 e. The third kappa shape index (κ3) is 2.91. The molecule has 0 radical (unpaired) electrons. The molecule has 0 spiro atoms. The number of aliphatic carboxylic acids is 1. The van der Waals surface area contributed by atoms with Crippen molar-refractivity contribution in [2.24, 2.45) is 0 Å². The van der Waals surface area contributed by atoms with E-state index in [1.54, 1.807) is 0 Å². The van der Waals surface area contributed by atoms with E-state index in [-0.39, 0.29) is 6.04 Å². The summed E-state index contributed by atoms with van der Waals surface area (Å²) < 4.78 is 0.911. The molecular weight excluding hydrogens is 296 g/mol. The second-order valence-corrected chi connectivity index (χ2v) is 5.50. The van der Waals surface area contributed by atoms with Gasteiger partial charge in [0.1, 0.15) is 6.04 Å². The summed E-state index contributed by atoms with van der Waals surface area (Å²) in [5.74, 6) is -0.790. The van der Waals surface area contributed by atoms with Crippen molar-refractivity contribution in [3.8, 4) is 0 Å². The molecule has 0 saturated carbocycles. The van der Waals surface area contributed by atoms with E-state index < -0.39 is 12.0 Å². The van der Waals surface area contributed by atoms with Crippen LogP contribution in [-0.4, -0.2) is 41.7 Å². The minimum absolute atomic E-state index is 0.221. The van der Waals surface area contributed by atoms with Crippen LogP contribution in [0.3, 0.4) is 0 Å². The van der Waals surface area contributed by atoms with Gasteiger partial charge in [0.05, 0.1) is 0 Å². The van der Waals surface area contributed by atoms with Crippen molar-refractivity contribution >= 4 is 21.9 Å². The molecule has 1 heterocycles. The molecule has 2 N–H and O–H groups in total. The Labute approximate surface area is 115 Å². The van der Waals surface area contributed by atoms with E-state index in [2.05, 4.69) is 28.2 Å². The van der Waals surface area contributed by atoms with Crippen molar-refractivity contribution in [3.05, 3.63) is 34.3 Å². The van der Waals surface area contributed by atoms with Gasteiger partial charge >= 0.3 is 5.97 Å². The molecule has 1 fully saturated rings. The maximum absolute atomic E-state index is 11.6. The highest BCUT2D eigenvalue weighted by molar-refractivity contribution is 9.10. The molecule has 0 aromatic heterocycles. The largest absolute Gasteiger partial charge is 0.480 e. The van der Waals surface area contributed by atoms with Crippen molar-refractivity contribution in [2.75, 3.05) is 19.6 Å². The number of carboxylic acid groups (broad SMARTS) is 1. The summed E-state index contributed by atoms with van der Waals surface area (Å²) in [5, 5.41) is 12.8. The van der Waals surface area contributed by atoms with Gasteiger partial charge in [-0.15, -0.1) is 0 Å². The summed E-state index contributed by atoms with van der Waals surface area (Å²) in [6.45, 7) is 4.48. The van der Waals surface area contributed by atoms with Crippen LogP contribution < -0.4 is 5.32 Å². The first kappa shape index (κ1) is 13.5. The molecule has 5 heteroatoms. The quantitative estimate of drug-likeness (QED) is 0.894. The van der Waals surface area contributed by atoms with Gasteiger partial charge in [-0.05, 0) is 24.6 Å². The van der Waals surface area contributed by atoms with Gasteiger partial charge in [0.2, 0.25) is 0 Å². The first-order valence-electron chi connectivity index (χ1n) is 6.04. The molecule has 1 aliphatic heterocycles. The van der Waals surface area contributed by atoms with E-state index in [0.29, 0.717) is 0 Å². The number of carbonyl (C=O) groups is 1. The zero-order valence-corrected chi connectivity index (χ0v) is 11.9. The van der Waals surface area contributed by atoms with Crippen molar-refractivity contribution < 1.29 is 9.90 Å². The highest BCUT2D eigenvalue weighted by atomic mass is 79.9. The number of nitrogens with zero attached hydrogens (tertiary/aromatic N) is 1. The van der Waals surface area contributed by atoms with E-state index in [1.807, 2.05) is 29.2 Å². The van der Waals surface area contributed by atoms with Crippen LogP contribution in [0, 0.1) is 0 Å². The number of piperazine rings is 1. The maximum atomic E-state index is 11.6. The second-order valence-electron chi connectivity index (χ2n) is 4.59. The number of hydrogen-bond donors (Lipinski definition) is 2.